The first-order valence-electron chi connectivity index (χ1n) is 9.35. The van der Waals surface area contributed by atoms with Crippen molar-refractivity contribution in [3.05, 3.63) is 71.0 Å². The van der Waals surface area contributed by atoms with Gasteiger partial charge in [-0.2, -0.15) is 0 Å². The number of hydrogen-bond donors (Lipinski definition) is 0. The molecule has 2 aromatic carbocycles. The quantitative estimate of drug-likeness (QED) is 0.405. The Balaban J connectivity index is 1.62. The van der Waals surface area contributed by atoms with Gasteiger partial charge in [0.2, 0.25) is 0 Å². The molecule has 0 saturated carbocycles. The van der Waals surface area contributed by atoms with E-state index < -0.39 is 0 Å². The van der Waals surface area contributed by atoms with E-state index in [1.54, 1.807) is 0 Å². The molecule has 0 amide bonds. The van der Waals surface area contributed by atoms with Crippen LogP contribution in [0.1, 0.15) is 47.3 Å². The minimum absolute atomic E-state index is 0.0786. The van der Waals surface area contributed by atoms with E-state index in [0.29, 0.717) is 16.5 Å². The van der Waals surface area contributed by atoms with E-state index in [9.17, 15) is 4.79 Å². The predicted octanol–water partition coefficient (Wildman–Crippen LogP) is 4.80. The van der Waals surface area contributed by atoms with Gasteiger partial charge in [-0.05, 0) is 38.0 Å². The normalized spacial score (nSPS) is 12.0. The van der Waals surface area contributed by atoms with Crippen molar-refractivity contribution in [1.29, 1.82) is 0 Å². The SMILES string of the molecule is CCc1ccc(O[C@H](C)c2nnc(SCC(=O)c3ccc(C)cc3)n2C)cc1. The van der Waals surface area contributed by atoms with Gasteiger partial charge in [0, 0.05) is 12.6 Å². The van der Waals surface area contributed by atoms with Gasteiger partial charge < -0.3 is 9.30 Å². The van der Waals surface area contributed by atoms with Crippen LogP contribution in [0.15, 0.2) is 53.7 Å². The molecule has 0 unspecified atom stereocenters. The number of aromatic nitrogens is 3. The number of carbonyl (C=O) groups is 1. The zero-order chi connectivity index (χ0) is 20.1. The molecular weight excluding hydrogens is 370 g/mol. The molecule has 0 saturated heterocycles. The van der Waals surface area contributed by atoms with Crippen LogP contribution in [0.25, 0.3) is 0 Å². The van der Waals surface area contributed by atoms with E-state index in [-0.39, 0.29) is 11.9 Å². The summed E-state index contributed by atoms with van der Waals surface area (Å²) in [5.41, 5.74) is 3.13. The highest BCUT2D eigenvalue weighted by molar-refractivity contribution is 7.99. The number of nitrogens with zero attached hydrogens (tertiary/aromatic N) is 3. The number of ether oxygens (including phenoxy) is 1. The first-order chi connectivity index (χ1) is 13.5. The number of ketones is 1. The molecule has 1 aromatic heterocycles. The largest absolute Gasteiger partial charge is 0.483 e. The summed E-state index contributed by atoms with van der Waals surface area (Å²) in [5, 5.41) is 9.19. The summed E-state index contributed by atoms with van der Waals surface area (Å²) < 4.78 is 7.89. The molecule has 28 heavy (non-hydrogen) atoms. The molecule has 5 nitrogen and oxygen atoms in total. The van der Waals surface area contributed by atoms with Crippen LogP contribution in [-0.2, 0) is 13.5 Å². The Kier molecular flexibility index (Phi) is 6.52. The highest BCUT2D eigenvalue weighted by Gasteiger charge is 2.18. The highest BCUT2D eigenvalue weighted by atomic mass is 32.2. The standard InChI is InChI=1S/C22H25N3O2S/c1-5-17-8-12-19(13-9-17)27-16(3)21-23-24-22(25(21)4)28-14-20(26)18-10-6-15(2)7-11-18/h6-13,16H,5,14H2,1-4H3/t16-/m1/s1. The molecule has 0 aliphatic carbocycles. The fourth-order valence-corrected chi connectivity index (χ4v) is 3.63. The summed E-state index contributed by atoms with van der Waals surface area (Å²) in [5.74, 6) is 1.93. The van der Waals surface area contributed by atoms with Crippen LogP contribution in [0.5, 0.6) is 5.75 Å². The Labute approximate surface area is 170 Å². The molecule has 0 N–H and O–H groups in total. The maximum atomic E-state index is 12.4. The van der Waals surface area contributed by atoms with Gasteiger partial charge in [-0.1, -0.05) is 60.6 Å². The number of benzene rings is 2. The minimum Gasteiger partial charge on any atom is -0.483 e. The lowest BCUT2D eigenvalue weighted by Crippen LogP contribution is -2.10. The zero-order valence-electron chi connectivity index (χ0n) is 16.7. The van der Waals surface area contributed by atoms with Crippen molar-refractivity contribution in [2.45, 2.75) is 38.5 Å². The summed E-state index contributed by atoms with van der Waals surface area (Å²) in [6.45, 7) is 6.08. The first-order valence-corrected chi connectivity index (χ1v) is 10.3. The topological polar surface area (TPSA) is 57.0 Å². The molecule has 0 fully saturated rings. The molecule has 0 aliphatic rings. The van der Waals surface area contributed by atoms with Crippen LogP contribution in [0.4, 0.5) is 0 Å². The predicted molar refractivity (Wildman–Crippen MR) is 112 cm³/mol. The van der Waals surface area contributed by atoms with E-state index >= 15 is 0 Å². The van der Waals surface area contributed by atoms with Crippen molar-refractivity contribution in [3.63, 3.8) is 0 Å². The Morgan fingerprint density at radius 3 is 2.43 bits per heavy atom. The van der Waals surface area contributed by atoms with Gasteiger partial charge in [0.25, 0.3) is 0 Å². The summed E-state index contributed by atoms with van der Waals surface area (Å²) in [7, 11) is 1.90. The Morgan fingerprint density at radius 2 is 1.79 bits per heavy atom. The number of hydrogen-bond acceptors (Lipinski definition) is 5. The molecule has 3 aromatic rings. The average Bonchev–Trinajstić information content (AvgIpc) is 3.08. The molecule has 146 valence electrons. The van der Waals surface area contributed by atoms with Gasteiger partial charge in [0.15, 0.2) is 22.9 Å². The lowest BCUT2D eigenvalue weighted by atomic mass is 10.1. The molecule has 1 heterocycles. The van der Waals surface area contributed by atoms with E-state index in [2.05, 4.69) is 29.3 Å². The van der Waals surface area contributed by atoms with Crippen molar-refractivity contribution in [1.82, 2.24) is 14.8 Å². The lowest BCUT2D eigenvalue weighted by molar-refractivity contribution is 0.102. The van der Waals surface area contributed by atoms with Gasteiger partial charge in [-0.25, -0.2) is 0 Å². The molecule has 0 aliphatic heterocycles. The number of carbonyl (C=O) groups excluding carboxylic acids is 1. The zero-order valence-corrected chi connectivity index (χ0v) is 17.5. The van der Waals surface area contributed by atoms with Crippen LogP contribution in [0.3, 0.4) is 0 Å². The Morgan fingerprint density at radius 1 is 1.11 bits per heavy atom. The molecule has 0 radical (unpaired) electrons. The molecule has 3 rings (SSSR count). The van der Waals surface area contributed by atoms with E-state index in [4.69, 9.17) is 4.74 Å². The summed E-state index contributed by atoms with van der Waals surface area (Å²) >= 11 is 1.39. The maximum absolute atomic E-state index is 12.4. The second-order valence-corrected chi connectivity index (χ2v) is 7.68. The molecule has 0 spiro atoms. The number of thioether (sulfide) groups is 1. The van der Waals surface area contributed by atoms with Crippen LogP contribution < -0.4 is 4.74 Å². The molecule has 1 atom stereocenters. The first kappa shape index (κ1) is 20.1. The third kappa shape index (κ3) is 4.81. The Hall–Kier alpha value is -2.60. The van der Waals surface area contributed by atoms with Crippen LogP contribution >= 0.6 is 11.8 Å². The monoisotopic (exact) mass is 395 g/mol. The summed E-state index contributed by atoms with van der Waals surface area (Å²) in [6, 6.07) is 15.7. The summed E-state index contributed by atoms with van der Waals surface area (Å²) in [4.78, 5) is 12.4. The van der Waals surface area contributed by atoms with Gasteiger partial charge in [-0.15, -0.1) is 10.2 Å². The van der Waals surface area contributed by atoms with Crippen molar-refractivity contribution < 1.29 is 9.53 Å². The molecular formula is C22H25N3O2S. The van der Waals surface area contributed by atoms with Crippen LogP contribution in [0, 0.1) is 6.92 Å². The van der Waals surface area contributed by atoms with Crippen LogP contribution in [0.2, 0.25) is 0 Å². The number of rotatable bonds is 8. The second kappa shape index (κ2) is 9.06. The van der Waals surface area contributed by atoms with Crippen LogP contribution in [-0.4, -0.2) is 26.3 Å². The van der Waals surface area contributed by atoms with Crippen molar-refractivity contribution in [3.8, 4) is 5.75 Å². The van der Waals surface area contributed by atoms with Gasteiger partial charge >= 0.3 is 0 Å². The lowest BCUT2D eigenvalue weighted by Gasteiger charge is -2.14. The van der Waals surface area contributed by atoms with Crippen molar-refractivity contribution >= 4 is 17.5 Å². The van der Waals surface area contributed by atoms with Crippen molar-refractivity contribution in [2.24, 2.45) is 7.05 Å². The van der Waals surface area contributed by atoms with Gasteiger partial charge in [-0.3, -0.25) is 4.79 Å². The highest BCUT2D eigenvalue weighted by Crippen LogP contribution is 2.24. The number of aryl methyl sites for hydroxylation is 2. The third-order valence-electron chi connectivity index (χ3n) is 4.58. The molecule has 6 heteroatoms. The van der Waals surface area contributed by atoms with E-state index in [1.807, 2.05) is 61.9 Å². The summed E-state index contributed by atoms with van der Waals surface area (Å²) in [6.07, 6.45) is 0.758. The Bertz CT molecular complexity index is 933. The van der Waals surface area contributed by atoms with E-state index in [1.165, 1.54) is 17.3 Å². The third-order valence-corrected chi connectivity index (χ3v) is 5.60. The maximum Gasteiger partial charge on any atom is 0.191 e. The smallest absolute Gasteiger partial charge is 0.191 e. The van der Waals surface area contributed by atoms with Gasteiger partial charge in [0.1, 0.15) is 5.75 Å². The van der Waals surface area contributed by atoms with E-state index in [0.717, 1.165) is 23.6 Å². The number of Topliss-reactive ketones (excluding diaryl/α,β-unsaturated/α-hetero) is 1. The second-order valence-electron chi connectivity index (χ2n) is 6.74. The average molecular weight is 396 g/mol. The molecule has 0 bridgehead atoms. The minimum atomic E-state index is -0.243. The fraction of sp³-hybridized carbons (Fsp3) is 0.318. The van der Waals surface area contributed by atoms with Gasteiger partial charge in [0.05, 0.1) is 5.75 Å². The fourth-order valence-electron chi connectivity index (χ4n) is 2.82. The van der Waals surface area contributed by atoms with Crippen molar-refractivity contribution in [2.75, 3.05) is 5.75 Å².